The number of rotatable bonds is 2. The standard InChI is InChI=1S/C17H16N2O/c1-11-8-9-14-13(10-11)15(12-6-4-3-5-7-12)16(17(18)20)19(14)2/h3-10H,1-2H3,(H2,18,20). The van der Waals surface area contributed by atoms with Crippen molar-refractivity contribution in [2.45, 2.75) is 6.92 Å². The Labute approximate surface area is 117 Å². The first-order chi connectivity index (χ1) is 9.59. The number of amides is 1. The molecular weight excluding hydrogens is 248 g/mol. The molecule has 3 rings (SSSR count). The molecule has 0 fully saturated rings. The average Bonchev–Trinajstić information content (AvgIpc) is 2.72. The molecule has 100 valence electrons. The summed E-state index contributed by atoms with van der Waals surface area (Å²) < 4.78 is 1.87. The largest absolute Gasteiger partial charge is 0.364 e. The van der Waals surface area contributed by atoms with Crippen molar-refractivity contribution in [1.82, 2.24) is 4.57 Å². The van der Waals surface area contributed by atoms with E-state index in [9.17, 15) is 4.79 Å². The van der Waals surface area contributed by atoms with Crippen molar-refractivity contribution in [3.05, 3.63) is 59.8 Å². The summed E-state index contributed by atoms with van der Waals surface area (Å²) in [5.74, 6) is -0.403. The minimum atomic E-state index is -0.403. The van der Waals surface area contributed by atoms with E-state index in [1.54, 1.807) is 0 Å². The van der Waals surface area contributed by atoms with E-state index in [0.29, 0.717) is 5.69 Å². The zero-order valence-corrected chi connectivity index (χ0v) is 11.6. The Morgan fingerprint density at radius 1 is 1.10 bits per heavy atom. The highest BCUT2D eigenvalue weighted by molar-refractivity contribution is 6.09. The SMILES string of the molecule is Cc1ccc2c(c1)c(-c1ccccc1)c(C(N)=O)n2C. The van der Waals surface area contributed by atoms with Crippen LogP contribution in [0.3, 0.4) is 0 Å². The van der Waals surface area contributed by atoms with E-state index >= 15 is 0 Å². The van der Waals surface area contributed by atoms with E-state index in [-0.39, 0.29) is 0 Å². The molecule has 0 radical (unpaired) electrons. The Kier molecular flexibility index (Phi) is 2.83. The second-order valence-electron chi connectivity index (χ2n) is 5.03. The predicted octanol–water partition coefficient (Wildman–Crippen LogP) is 3.25. The summed E-state index contributed by atoms with van der Waals surface area (Å²) in [6.45, 7) is 2.05. The summed E-state index contributed by atoms with van der Waals surface area (Å²) in [5, 5.41) is 1.06. The fourth-order valence-electron chi connectivity index (χ4n) is 2.74. The maximum atomic E-state index is 11.9. The Bertz CT molecular complexity index is 801. The summed E-state index contributed by atoms with van der Waals surface area (Å²) in [4.78, 5) is 11.9. The molecule has 3 aromatic rings. The van der Waals surface area contributed by atoms with E-state index < -0.39 is 5.91 Å². The van der Waals surface area contributed by atoms with Crippen LogP contribution in [0.1, 0.15) is 16.1 Å². The molecular formula is C17H16N2O. The Balaban J connectivity index is 2.47. The quantitative estimate of drug-likeness (QED) is 0.758. The molecule has 0 aliphatic carbocycles. The van der Waals surface area contributed by atoms with Crippen molar-refractivity contribution in [2.24, 2.45) is 12.8 Å². The van der Waals surface area contributed by atoms with Gasteiger partial charge in [0.05, 0.1) is 0 Å². The van der Waals surface area contributed by atoms with Gasteiger partial charge in [-0.15, -0.1) is 0 Å². The maximum absolute atomic E-state index is 11.9. The maximum Gasteiger partial charge on any atom is 0.266 e. The van der Waals surface area contributed by atoms with Gasteiger partial charge in [-0.1, -0.05) is 42.0 Å². The van der Waals surface area contributed by atoms with Gasteiger partial charge in [0.1, 0.15) is 5.69 Å². The number of hydrogen-bond donors (Lipinski definition) is 1. The van der Waals surface area contributed by atoms with Gasteiger partial charge >= 0.3 is 0 Å². The van der Waals surface area contributed by atoms with Crippen LogP contribution in [0.2, 0.25) is 0 Å². The molecule has 3 heteroatoms. The predicted molar refractivity (Wildman–Crippen MR) is 81.6 cm³/mol. The Morgan fingerprint density at radius 3 is 2.45 bits per heavy atom. The van der Waals surface area contributed by atoms with Gasteiger partial charge in [-0.25, -0.2) is 0 Å². The lowest BCUT2D eigenvalue weighted by Crippen LogP contribution is -2.16. The highest BCUT2D eigenvalue weighted by atomic mass is 16.1. The van der Waals surface area contributed by atoms with E-state index in [1.807, 2.05) is 61.0 Å². The van der Waals surface area contributed by atoms with Crippen LogP contribution >= 0.6 is 0 Å². The molecule has 0 bridgehead atoms. The van der Waals surface area contributed by atoms with Gasteiger partial charge in [-0.2, -0.15) is 0 Å². The molecule has 0 saturated heterocycles. The highest BCUT2D eigenvalue weighted by Gasteiger charge is 2.20. The zero-order valence-electron chi connectivity index (χ0n) is 11.6. The molecule has 0 aliphatic rings. The van der Waals surface area contributed by atoms with Crippen molar-refractivity contribution < 1.29 is 4.79 Å². The lowest BCUT2D eigenvalue weighted by Gasteiger charge is -2.04. The molecule has 0 aliphatic heterocycles. The van der Waals surface area contributed by atoms with Crippen molar-refractivity contribution in [3.63, 3.8) is 0 Å². The first kappa shape index (κ1) is 12.5. The molecule has 2 aromatic carbocycles. The second kappa shape index (κ2) is 4.53. The van der Waals surface area contributed by atoms with Crippen LogP contribution < -0.4 is 5.73 Å². The van der Waals surface area contributed by atoms with Crippen molar-refractivity contribution in [3.8, 4) is 11.1 Å². The third-order valence-corrected chi connectivity index (χ3v) is 3.65. The lowest BCUT2D eigenvalue weighted by molar-refractivity contribution is 0.0993. The van der Waals surface area contributed by atoms with Crippen LogP contribution in [0.5, 0.6) is 0 Å². The van der Waals surface area contributed by atoms with Crippen LogP contribution in [-0.2, 0) is 7.05 Å². The number of aromatic nitrogens is 1. The van der Waals surface area contributed by atoms with E-state index in [4.69, 9.17) is 5.73 Å². The molecule has 1 aromatic heterocycles. The van der Waals surface area contributed by atoms with Crippen LogP contribution in [0.4, 0.5) is 0 Å². The highest BCUT2D eigenvalue weighted by Crippen LogP contribution is 2.34. The van der Waals surface area contributed by atoms with Crippen LogP contribution in [0.25, 0.3) is 22.0 Å². The monoisotopic (exact) mass is 264 g/mol. The van der Waals surface area contributed by atoms with Crippen molar-refractivity contribution in [1.29, 1.82) is 0 Å². The number of hydrogen-bond acceptors (Lipinski definition) is 1. The third kappa shape index (κ3) is 1.79. The number of aryl methyl sites for hydroxylation is 2. The molecule has 0 atom stereocenters. The van der Waals surface area contributed by atoms with Gasteiger partial charge in [0, 0.05) is 23.5 Å². The zero-order chi connectivity index (χ0) is 14.3. The van der Waals surface area contributed by atoms with E-state index in [2.05, 4.69) is 6.07 Å². The molecule has 0 saturated carbocycles. The summed E-state index contributed by atoms with van der Waals surface area (Å²) in [7, 11) is 1.88. The average molecular weight is 264 g/mol. The van der Waals surface area contributed by atoms with Crippen LogP contribution in [0.15, 0.2) is 48.5 Å². The van der Waals surface area contributed by atoms with Gasteiger partial charge < -0.3 is 10.3 Å². The molecule has 1 amide bonds. The van der Waals surface area contributed by atoms with Gasteiger partial charge in [0.25, 0.3) is 5.91 Å². The minimum absolute atomic E-state index is 0.403. The minimum Gasteiger partial charge on any atom is -0.364 e. The molecule has 0 spiro atoms. The summed E-state index contributed by atoms with van der Waals surface area (Å²) >= 11 is 0. The van der Waals surface area contributed by atoms with Crippen LogP contribution in [0, 0.1) is 6.92 Å². The van der Waals surface area contributed by atoms with E-state index in [1.165, 1.54) is 0 Å². The number of nitrogens with two attached hydrogens (primary N) is 1. The lowest BCUT2D eigenvalue weighted by atomic mass is 10.0. The topological polar surface area (TPSA) is 48.0 Å². The van der Waals surface area contributed by atoms with E-state index in [0.717, 1.165) is 27.6 Å². The molecule has 0 unspecified atom stereocenters. The number of fused-ring (bicyclic) bond motifs is 1. The van der Waals surface area contributed by atoms with Crippen molar-refractivity contribution in [2.75, 3.05) is 0 Å². The summed E-state index contributed by atoms with van der Waals surface area (Å²) in [6.07, 6.45) is 0. The third-order valence-electron chi connectivity index (χ3n) is 3.65. The normalized spacial score (nSPS) is 10.9. The summed E-state index contributed by atoms with van der Waals surface area (Å²) in [6, 6.07) is 16.1. The van der Waals surface area contributed by atoms with Crippen LogP contribution in [-0.4, -0.2) is 10.5 Å². The Hall–Kier alpha value is -2.55. The van der Waals surface area contributed by atoms with Crippen molar-refractivity contribution >= 4 is 16.8 Å². The summed E-state index contributed by atoms with van der Waals surface area (Å²) in [5.41, 5.74) is 10.3. The molecule has 1 heterocycles. The number of carbonyl (C=O) groups excluding carboxylic acids is 1. The second-order valence-corrected chi connectivity index (χ2v) is 5.03. The number of nitrogens with zero attached hydrogens (tertiary/aromatic N) is 1. The number of benzene rings is 2. The van der Waals surface area contributed by atoms with Gasteiger partial charge in [-0.3, -0.25) is 4.79 Å². The fourth-order valence-corrected chi connectivity index (χ4v) is 2.74. The van der Waals surface area contributed by atoms with Gasteiger partial charge in [0.2, 0.25) is 0 Å². The van der Waals surface area contributed by atoms with Gasteiger partial charge in [0.15, 0.2) is 0 Å². The van der Waals surface area contributed by atoms with Gasteiger partial charge in [-0.05, 0) is 24.6 Å². The Morgan fingerprint density at radius 2 is 1.80 bits per heavy atom. The first-order valence-corrected chi connectivity index (χ1v) is 6.54. The fraction of sp³-hybridized carbons (Fsp3) is 0.118. The smallest absolute Gasteiger partial charge is 0.266 e. The first-order valence-electron chi connectivity index (χ1n) is 6.54. The number of carbonyl (C=O) groups is 1. The molecule has 20 heavy (non-hydrogen) atoms. The number of primary amides is 1. The molecule has 2 N–H and O–H groups in total. The molecule has 3 nitrogen and oxygen atoms in total.